The molecule has 3 rings (SSSR count). The summed E-state index contributed by atoms with van der Waals surface area (Å²) >= 11 is 0. The fourth-order valence-electron chi connectivity index (χ4n) is 3.23. The zero-order valence-corrected chi connectivity index (χ0v) is 14.0. The summed E-state index contributed by atoms with van der Waals surface area (Å²) in [6.07, 6.45) is 4.51. The monoisotopic (exact) mass is 312 g/mol. The van der Waals surface area contributed by atoms with Gasteiger partial charge in [-0.25, -0.2) is 4.39 Å². The number of benzene rings is 2. The molecule has 0 unspecified atom stereocenters. The van der Waals surface area contributed by atoms with Crippen LogP contribution in [-0.2, 0) is 0 Å². The second-order valence-corrected chi connectivity index (χ2v) is 6.63. The van der Waals surface area contributed by atoms with Crippen LogP contribution in [0.1, 0.15) is 53.9 Å². The lowest BCUT2D eigenvalue weighted by Crippen LogP contribution is -2.10. The first-order chi connectivity index (χ1) is 11.5. The van der Waals surface area contributed by atoms with Gasteiger partial charge in [0.25, 0.3) is 0 Å². The van der Waals surface area contributed by atoms with Crippen molar-refractivity contribution in [2.75, 3.05) is 0 Å². The van der Waals surface area contributed by atoms with E-state index in [-0.39, 0.29) is 5.82 Å². The first kappa shape index (κ1) is 16.9. The van der Waals surface area contributed by atoms with Gasteiger partial charge in [0.2, 0.25) is 0 Å². The van der Waals surface area contributed by atoms with E-state index >= 15 is 0 Å². The Morgan fingerprint density at radius 1 is 0.958 bits per heavy atom. The van der Waals surface area contributed by atoms with Gasteiger partial charge >= 0.3 is 0 Å². The maximum Gasteiger partial charge on any atom is 0.141 e. The molecule has 0 spiro atoms. The maximum atomic E-state index is 14.1. The number of halogens is 1. The molecule has 0 amide bonds. The highest BCUT2D eigenvalue weighted by Gasteiger charge is 2.19. The van der Waals surface area contributed by atoms with Crippen molar-refractivity contribution in [3.8, 4) is 11.8 Å². The predicted molar refractivity (Wildman–Crippen MR) is 99.7 cm³/mol. The minimum atomic E-state index is -0.335. The fourth-order valence-corrected chi connectivity index (χ4v) is 3.23. The zero-order chi connectivity index (χ0) is 17.1. The molecule has 0 heterocycles. The first-order valence-electron chi connectivity index (χ1n) is 8.46. The molecule has 0 N–H and O–H groups in total. The van der Waals surface area contributed by atoms with Crippen LogP contribution in [0.3, 0.4) is 0 Å². The normalized spacial score (nSPS) is 20.2. The minimum Gasteiger partial charge on any atom is -0.205 e. The van der Waals surface area contributed by atoms with Gasteiger partial charge in [0, 0.05) is 5.56 Å². The van der Waals surface area contributed by atoms with Crippen LogP contribution < -0.4 is 5.46 Å². The Kier molecular flexibility index (Phi) is 5.14. The summed E-state index contributed by atoms with van der Waals surface area (Å²) in [5.74, 6) is 6.57. The molecule has 0 bridgehead atoms. The Bertz CT molecular complexity index is 776. The van der Waals surface area contributed by atoms with Crippen LogP contribution in [0.25, 0.3) is 0 Å². The molecule has 0 aliphatic heterocycles. The van der Waals surface area contributed by atoms with E-state index in [2.05, 4.69) is 24.0 Å². The summed E-state index contributed by atoms with van der Waals surface area (Å²) in [7, 11) is 11.7. The third kappa shape index (κ3) is 3.75. The molecule has 0 aromatic heterocycles. The van der Waals surface area contributed by atoms with Crippen LogP contribution in [0.4, 0.5) is 4.39 Å². The lowest BCUT2D eigenvalue weighted by atomic mass is 9.70. The molecule has 24 heavy (non-hydrogen) atoms. The molecular weight excluding hydrogens is 293 g/mol. The Morgan fingerprint density at radius 3 is 2.29 bits per heavy atom. The number of rotatable bonds is 1. The minimum absolute atomic E-state index is 0.335. The zero-order valence-electron chi connectivity index (χ0n) is 14.0. The van der Waals surface area contributed by atoms with E-state index in [1.54, 1.807) is 19.1 Å². The van der Waals surface area contributed by atoms with Crippen molar-refractivity contribution in [1.82, 2.24) is 0 Å². The second kappa shape index (κ2) is 7.31. The second-order valence-electron chi connectivity index (χ2n) is 6.63. The SMILES string of the molecule is [B]c1ccc(C#Cc2ccc(C3CCC([B])CC3)cc2)c(F)c1C. The van der Waals surface area contributed by atoms with Gasteiger partial charge < -0.3 is 0 Å². The van der Waals surface area contributed by atoms with Crippen LogP contribution in [0.5, 0.6) is 0 Å². The fraction of sp³-hybridized carbons (Fsp3) is 0.333. The first-order valence-corrected chi connectivity index (χ1v) is 8.46. The number of hydrogen-bond acceptors (Lipinski definition) is 0. The Labute approximate surface area is 146 Å². The molecular formula is C21H19B2F. The van der Waals surface area contributed by atoms with Crippen molar-refractivity contribution >= 4 is 21.2 Å². The highest BCUT2D eigenvalue weighted by molar-refractivity contribution is 6.33. The van der Waals surface area contributed by atoms with E-state index in [1.165, 1.54) is 5.56 Å². The van der Waals surface area contributed by atoms with E-state index in [0.717, 1.165) is 31.2 Å². The van der Waals surface area contributed by atoms with E-state index in [9.17, 15) is 4.39 Å². The lowest BCUT2D eigenvalue weighted by molar-refractivity contribution is 0.444. The molecule has 2 aromatic carbocycles. The van der Waals surface area contributed by atoms with E-state index in [0.29, 0.717) is 28.3 Å². The highest BCUT2D eigenvalue weighted by atomic mass is 19.1. The standard InChI is InChI=1S/C21H19B2F/c1-14-20(23)13-10-18(21(14)24)7-4-15-2-5-16(6-3-15)17-8-11-19(22)12-9-17/h2-3,5-6,10,13,17,19H,8-9,11-12H2,1H3. The molecule has 0 atom stereocenters. The van der Waals surface area contributed by atoms with Gasteiger partial charge in [-0.2, -0.15) is 0 Å². The van der Waals surface area contributed by atoms with Crippen LogP contribution in [0.2, 0.25) is 5.82 Å². The summed E-state index contributed by atoms with van der Waals surface area (Å²) in [6, 6.07) is 11.6. The van der Waals surface area contributed by atoms with Gasteiger partial charge in [-0.1, -0.05) is 54.2 Å². The molecule has 1 aliphatic rings. The Balaban J connectivity index is 1.75. The van der Waals surface area contributed by atoms with Gasteiger partial charge in [-0.05, 0) is 55.0 Å². The van der Waals surface area contributed by atoms with Gasteiger partial charge in [0.05, 0.1) is 13.4 Å². The Hall–Kier alpha value is -1.94. The summed E-state index contributed by atoms with van der Waals surface area (Å²) in [6.45, 7) is 1.67. The van der Waals surface area contributed by atoms with E-state index < -0.39 is 0 Å². The molecule has 4 radical (unpaired) electrons. The molecule has 2 aromatic rings. The van der Waals surface area contributed by atoms with Gasteiger partial charge in [0.1, 0.15) is 13.7 Å². The van der Waals surface area contributed by atoms with Gasteiger partial charge in [0.15, 0.2) is 0 Å². The number of hydrogen-bond donors (Lipinski definition) is 0. The lowest BCUT2D eigenvalue weighted by Gasteiger charge is -2.26. The Morgan fingerprint density at radius 2 is 1.62 bits per heavy atom. The predicted octanol–water partition coefficient (Wildman–Crippen LogP) is 3.94. The average Bonchev–Trinajstić information content (AvgIpc) is 2.60. The maximum absolute atomic E-state index is 14.1. The van der Waals surface area contributed by atoms with Crippen LogP contribution in [-0.4, -0.2) is 15.7 Å². The van der Waals surface area contributed by atoms with Crippen LogP contribution >= 0.6 is 0 Å². The molecule has 116 valence electrons. The van der Waals surface area contributed by atoms with E-state index in [4.69, 9.17) is 15.7 Å². The van der Waals surface area contributed by atoms with Crippen molar-refractivity contribution in [1.29, 1.82) is 0 Å². The molecule has 1 fully saturated rings. The van der Waals surface area contributed by atoms with Crippen molar-refractivity contribution in [2.24, 2.45) is 0 Å². The smallest absolute Gasteiger partial charge is 0.141 e. The van der Waals surface area contributed by atoms with Crippen molar-refractivity contribution < 1.29 is 4.39 Å². The van der Waals surface area contributed by atoms with Crippen LogP contribution in [0.15, 0.2) is 36.4 Å². The van der Waals surface area contributed by atoms with E-state index in [1.807, 2.05) is 12.1 Å². The quantitative estimate of drug-likeness (QED) is 0.553. The summed E-state index contributed by atoms with van der Waals surface area (Å²) in [4.78, 5) is 0. The molecule has 0 saturated heterocycles. The van der Waals surface area contributed by atoms with Gasteiger partial charge in [-0.3, -0.25) is 0 Å². The van der Waals surface area contributed by atoms with Crippen molar-refractivity contribution in [3.63, 3.8) is 0 Å². The highest BCUT2D eigenvalue weighted by Crippen LogP contribution is 2.36. The molecule has 3 heteroatoms. The molecule has 1 saturated carbocycles. The third-order valence-corrected chi connectivity index (χ3v) is 4.92. The van der Waals surface area contributed by atoms with Crippen molar-refractivity contribution in [2.45, 2.75) is 44.3 Å². The van der Waals surface area contributed by atoms with Crippen LogP contribution in [0, 0.1) is 24.6 Å². The topological polar surface area (TPSA) is 0 Å². The largest absolute Gasteiger partial charge is 0.205 e. The molecule has 1 aliphatic carbocycles. The summed E-state index contributed by atoms with van der Waals surface area (Å²) in [5, 5.41) is 0. The summed E-state index contributed by atoms with van der Waals surface area (Å²) < 4.78 is 14.1. The summed E-state index contributed by atoms with van der Waals surface area (Å²) in [5.41, 5.74) is 3.52. The average molecular weight is 312 g/mol. The third-order valence-electron chi connectivity index (χ3n) is 4.92. The van der Waals surface area contributed by atoms with Gasteiger partial charge in [-0.15, -0.1) is 0 Å². The molecule has 0 nitrogen and oxygen atoms in total. The van der Waals surface area contributed by atoms with Crippen molar-refractivity contribution in [3.05, 3.63) is 64.5 Å².